The lowest BCUT2D eigenvalue weighted by Gasteiger charge is -2.24. The zero-order valence-corrected chi connectivity index (χ0v) is 20.3. The molecule has 7 heteroatoms. The second-order valence-corrected chi connectivity index (χ2v) is 9.20. The van der Waals surface area contributed by atoms with Crippen LogP contribution in [0.4, 0.5) is 9.52 Å². The number of ether oxygens (including phenoxy) is 2. The van der Waals surface area contributed by atoms with Gasteiger partial charge in [-0.05, 0) is 55.7 Å². The van der Waals surface area contributed by atoms with Crippen molar-refractivity contribution >= 4 is 28.1 Å². The summed E-state index contributed by atoms with van der Waals surface area (Å²) in [5.41, 5.74) is 3.94. The van der Waals surface area contributed by atoms with E-state index in [1.807, 2.05) is 26.0 Å². The summed E-state index contributed by atoms with van der Waals surface area (Å²) in [7, 11) is 3.22. The SMILES string of the molecule is C#CC(Nc1nc(-c2cc(C)c(OC)cc2Cl)c(C)s1)C(COC)c1ccc(C)c(F)c1. The summed E-state index contributed by atoms with van der Waals surface area (Å²) in [5, 5.41) is 4.56. The molecule has 1 aromatic heterocycles. The van der Waals surface area contributed by atoms with Crippen LogP contribution in [0.5, 0.6) is 5.75 Å². The summed E-state index contributed by atoms with van der Waals surface area (Å²) in [5.74, 6) is 2.99. The third kappa shape index (κ3) is 5.07. The molecule has 168 valence electrons. The Labute approximate surface area is 197 Å². The molecule has 1 heterocycles. The fourth-order valence-corrected chi connectivity index (χ4v) is 4.68. The van der Waals surface area contributed by atoms with Gasteiger partial charge >= 0.3 is 0 Å². The molecule has 0 aliphatic carbocycles. The Morgan fingerprint density at radius 1 is 1.19 bits per heavy atom. The van der Waals surface area contributed by atoms with Crippen molar-refractivity contribution in [3.8, 4) is 29.4 Å². The van der Waals surface area contributed by atoms with Crippen molar-refractivity contribution in [3.05, 3.63) is 62.7 Å². The van der Waals surface area contributed by atoms with Crippen LogP contribution >= 0.6 is 22.9 Å². The van der Waals surface area contributed by atoms with Crippen LogP contribution in [-0.2, 0) is 4.74 Å². The lowest BCUT2D eigenvalue weighted by molar-refractivity contribution is 0.177. The van der Waals surface area contributed by atoms with E-state index in [2.05, 4.69) is 11.2 Å². The van der Waals surface area contributed by atoms with Crippen LogP contribution in [0.15, 0.2) is 30.3 Å². The number of thiazole rings is 1. The van der Waals surface area contributed by atoms with Gasteiger partial charge in [-0.1, -0.05) is 29.7 Å². The number of aryl methyl sites for hydroxylation is 3. The highest BCUT2D eigenvalue weighted by atomic mass is 35.5. The van der Waals surface area contributed by atoms with Gasteiger partial charge in [0.05, 0.1) is 30.5 Å². The molecule has 1 N–H and O–H groups in total. The number of aromatic nitrogens is 1. The number of anilines is 1. The summed E-state index contributed by atoms with van der Waals surface area (Å²) in [4.78, 5) is 5.76. The van der Waals surface area contributed by atoms with Gasteiger partial charge < -0.3 is 14.8 Å². The molecule has 2 unspecified atom stereocenters. The molecule has 0 saturated heterocycles. The minimum atomic E-state index is -0.441. The zero-order valence-electron chi connectivity index (χ0n) is 18.8. The number of hydrogen-bond acceptors (Lipinski definition) is 5. The van der Waals surface area contributed by atoms with Crippen molar-refractivity contribution in [2.24, 2.45) is 0 Å². The number of methoxy groups -OCH3 is 2. The highest BCUT2D eigenvalue weighted by Crippen LogP contribution is 2.38. The predicted octanol–water partition coefficient (Wildman–Crippen LogP) is 6.38. The number of hydrogen-bond donors (Lipinski definition) is 1. The number of nitrogens with zero attached hydrogens (tertiary/aromatic N) is 1. The van der Waals surface area contributed by atoms with Gasteiger partial charge in [0.25, 0.3) is 0 Å². The van der Waals surface area contributed by atoms with Gasteiger partial charge in [0.2, 0.25) is 0 Å². The molecule has 0 spiro atoms. The molecular weight excluding hydrogens is 447 g/mol. The Morgan fingerprint density at radius 3 is 2.56 bits per heavy atom. The number of benzene rings is 2. The van der Waals surface area contributed by atoms with Gasteiger partial charge in [-0.15, -0.1) is 17.8 Å². The maximum Gasteiger partial charge on any atom is 0.184 e. The first-order valence-electron chi connectivity index (χ1n) is 10.1. The van der Waals surface area contributed by atoms with Gasteiger partial charge in [0, 0.05) is 23.5 Å². The Balaban J connectivity index is 1.92. The first kappa shape index (κ1) is 24.1. The average molecular weight is 473 g/mol. The Kier molecular flexibility index (Phi) is 7.78. The molecule has 0 saturated carbocycles. The number of rotatable bonds is 8. The fraction of sp³-hybridized carbons (Fsp3) is 0.320. The second-order valence-electron chi connectivity index (χ2n) is 7.58. The highest BCUT2D eigenvalue weighted by molar-refractivity contribution is 7.16. The molecule has 4 nitrogen and oxygen atoms in total. The van der Waals surface area contributed by atoms with Gasteiger partial charge in [-0.3, -0.25) is 0 Å². The predicted molar refractivity (Wildman–Crippen MR) is 131 cm³/mol. The van der Waals surface area contributed by atoms with E-state index in [1.54, 1.807) is 33.3 Å². The number of nitrogens with one attached hydrogen (secondary N) is 1. The van der Waals surface area contributed by atoms with Crippen LogP contribution in [0, 0.1) is 38.9 Å². The quantitative estimate of drug-likeness (QED) is 0.386. The minimum Gasteiger partial charge on any atom is -0.496 e. The molecule has 3 rings (SSSR count). The first-order chi connectivity index (χ1) is 15.3. The van der Waals surface area contributed by atoms with E-state index in [0.29, 0.717) is 22.3 Å². The molecule has 0 aliphatic heterocycles. The Bertz CT molecular complexity index is 1160. The van der Waals surface area contributed by atoms with Gasteiger partial charge in [0.1, 0.15) is 11.6 Å². The van der Waals surface area contributed by atoms with Crippen LogP contribution in [-0.4, -0.2) is 31.9 Å². The lowest BCUT2D eigenvalue weighted by Crippen LogP contribution is -2.29. The van der Waals surface area contributed by atoms with E-state index in [9.17, 15) is 4.39 Å². The monoisotopic (exact) mass is 472 g/mol. The summed E-state index contributed by atoms with van der Waals surface area (Å²) in [6, 6.07) is 8.47. The van der Waals surface area contributed by atoms with Crippen LogP contribution in [0.2, 0.25) is 5.02 Å². The molecule has 2 atom stereocenters. The van der Waals surface area contributed by atoms with Crippen molar-refractivity contribution < 1.29 is 13.9 Å². The first-order valence-corrected chi connectivity index (χ1v) is 11.3. The third-order valence-electron chi connectivity index (χ3n) is 5.37. The van der Waals surface area contributed by atoms with Crippen molar-refractivity contribution in [2.45, 2.75) is 32.7 Å². The average Bonchev–Trinajstić information content (AvgIpc) is 3.13. The third-order valence-corrected chi connectivity index (χ3v) is 6.58. The van der Waals surface area contributed by atoms with Crippen molar-refractivity contribution in [3.63, 3.8) is 0 Å². The van der Waals surface area contributed by atoms with E-state index in [0.717, 1.165) is 33.0 Å². The Morgan fingerprint density at radius 2 is 1.94 bits per heavy atom. The van der Waals surface area contributed by atoms with Gasteiger partial charge in [-0.2, -0.15) is 0 Å². The molecular formula is C25H26ClFN2O2S. The normalized spacial score (nSPS) is 12.8. The van der Waals surface area contributed by atoms with E-state index in [1.165, 1.54) is 17.4 Å². The zero-order chi connectivity index (χ0) is 23.4. The van der Waals surface area contributed by atoms with Crippen LogP contribution < -0.4 is 10.1 Å². The van der Waals surface area contributed by atoms with Crippen molar-refractivity contribution in [2.75, 3.05) is 26.1 Å². The summed E-state index contributed by atoms with van der Waals surface area (Å²) >= 11 is 8.00. The van der Waals surface area contributed by atoms with E-state index >= 15 is 0 Å². The van der Waals surface area contributed by atoms with E-state index in [-0.39, 0.29) is 11.7 Å². The smallest absolute Gasteiger partial charge is 0.184 e. The van der Waals surface area contributed by atoms with Crippen molar-refractivity contribution in [1.29, 1.82) is 0 Å². The fourth-order valence-electron chi connectivity index (χ4n) is 3.57. The van der Waals surface area contributed by atoms with E-state index < -0.39 is 6.04 Å². The molecule has 0 bridgehead atoms. The molecule has 0 amide bonds. The molecule has 32 heavy (non-hydrogen) atoms. The van der Waals surface area contributed by atoms with Crippen LogP contribution in [0.1, 0.15) is 27.5 Å². The number of halogens is 2. The maximum atomic E-state index is 14.2. The number of terminal acetylenes is 1. The van der Waals surface area contributed by atoms with Gasteiger partial charge in [-0.25, -0.2) is 9.37 Å². The molecule has 3 aromatic rings. The minimum absolute atomic E-state index is 0.250. The lowest BCUT2D eigenvalue weighted by atomic mass is 9.91. The standard InChI is InChI=1S/C25H26ClFN2O2S/c1-7-22(19(13-30-5)17-9-8-14(2)21(27)11-17)28-25-29-24(16(4)32-25)18-10-15(3)23(31-6)12-20(18)26/h1,8-12,19,22H,13H2,2-6H3,(H,28,29). The summed E-state index contributed by atoms with van der Waals surface area (Å²) < 4.78 is 24.9. The Hall–Kier alpha value is -2.59. The van der Waals surface area contributed by atoms with Crippen molar-refractivity contribution in [1.82, 2.24) is 4.98 Å². The van der Waals surface area contributed by atoms with E-state index in [4.69, 9.17) is 32.5 Å². The summed E-state index contributed by atoms with van der Waals surface area (Å²) in [6.07, 6.45) is 5.87. The highest BCUT2D eigenvalue weighted by Gasteiger charge is 2.24. The molecule has 2 aromatic carbocycles. The van der Waals surface area contributed by atoms with Crippen LogP contribution in [0.25, 0.3) is 11.3 Å². The molecule has 0 aliphatic rings. The van der Waals surface area contributed by atoms with Gasteiger partial charge in [0.15, 0.2) is 5.13 Å². The molecule has 0 radical (unpaired) electrons. The maximum absolute atomic E-state index is 14.2. The largest absolute Gasteiger partial charge is 0.496 e. The molecule has 0 fully saturated rings. The second kappa shape index (κ2) is 10.4. The van der Waals surface area contributed by atoms with Crippen LogP contribution in [0.3, 0.4) is 0 Å². The topological polar surface area (TPSA) is 43.4 Å². The summed E-state index contributed by atoms with van der Waals surface area (Å²) in [6.45, 7) is 6.02.